The zero-order chi connectivity index (χ0) is 32.4. The van der Waals surface area contributed by atoms with Gasteiger partial charge in [-0.15, -0.1) is 0 Å². The van der Waals surface area contributed by atoms with Crippen LogP contribution < -0.4 is 10.1 Å². The van der Waals surface area contributed by atoms with E-state index in [4.69, 9.17) is 4.74 Å². The Kier molecular flexibility index (Phi) is 16.9. The third kappa shape index (κ3) is 14.3. The lowest BCUT2D eigenvalue weighted by atomic mass is 9.82. The van der Waals surface area contributed by atoms with Crippen LogP contribution in [0.4, 0.5) is 0 Å². The topological polar surface area (TPSA) is 188 Å². The first-order valence-electron chi connectivity index (χ1n) is 14.9. The lowest BCUT2D eigenvalue weighted by Crippen LogP contribution is -2.55. The number of ketones is 1. The number of amides is 1. The van der Waals surface area contributed by atoms with Crippen LogP contribution in [0.3, 0.4) is 0 Å². The highest BCUT2D eigenvalue weighted by Gasteiger charge is 2.49. The molecule has 0 aromatic heterocycles. The fourth-order valence-electron chi connectivity index (χ4n) is 4.42. The Hall–Kier alpha value is -3.73. The van der Waals surface area contributed by atoms with Crippen LogP contribution >= 0.6 is 0 Å². The summed E-state index contributed by atoms with van der Waals surface area (Å²) in [5.41, 5.74) is -2.45. The highest BCUT2D eigenvalue weighted by molar-refractivity contribution is 5.94. The first-order valence-corrected chi connectivity index (χ1v) is 14.9. The van der Waals surface area contributed by atoms with Crippen LogP contribution in [0.1, 0.15) is 90.5 Å². The number of Topliss-reactive ketones (excluding diaryl/α,β-unsaturated/α-hetero) is 1. The Morgan fingerprint density at radius 2 is 1.60 bits per heavy atom. The number of hydrogen-bond acceptors (Lipinski definition) is 7. The van der Waals surface area contributed by atoms with Gasteiger partial charge >= 0.3 is 17.9 Å². The van der Waals surface area contributed by atoms with Crippen LogP contribution in [-0.2, 0) is 30.4 Å². The Morgan fingerprint density at radius 3 is 2.16 bits per heavy atom. The normalized spacial score (nSPS) is 14.2. The SMILES string of the molecule is CCCC(=O)CCCCCC/C=C/[C@H](C(=O)N[C@@H](Cc1ccc(OCCC(C)C)cc1)C(=O)O)[C@@](O)(CC(=O)O)C(=O)O. The molecule has 240 valence electrons. The summed E-state index contributed by atoms with van der Waals surface area (Å²) in [5.74, 6) is -6.63. The maximum Gasteiger partial charge on any atom is 0.337 e. The number of aliphatic carboxylic acids is 3. The Morgan fingerprint density at radius 1 is 0.953 bits per heavy atom. The number of carbonyl (C=O) groups excluding carboxylic acids is 2. The van der Waals surface area contributed by atoms with Crippen molar-refractivity contribution in [3.05, 3.63) is 42.0 Å². The number of carbonyl (C=O) groups is 5. The van der Waals surface area contributed by atoms with Gasteiger partial charge in [0.1, 0.15) is 17.6 Å². The van der Waals surface area contributed by atoms with Gasteiger partial charge in [-0.05, 0) is 55.7 Å². The number of allylic oxidation sites excluding steroid dienone is 1. The number of carboxylic acids is 3. The molecule has 5 N–H and O–H groups in total. The lowest BCUT2D eigenvalue weighted by Gasteiger charge is -2.29. The summed E-state index contributed by atoms with van der Waals surface area (Å²) >= 11 is 0. The minimum atomic E-state index is -3.01. The van der Waals surface area contributed by atoms with E-state index in [-0.39, 0.29) is 12.2 Å². The van der Waals surface area contributed by atoms with E-state index in [1.54, 1.807) is 24.3 Å². The average molecular weight is 606 g/mol. The predicted molar refractivity (Wildman–Crippen MR) is 160 cm³/mol. The molecule has 1 aromatic rings. The van der Waals surface area contributed by atoms with E-state index >= 15 is 0 Å². The number of unbranched alkanes of at least 4 members (excludes halogenated alkanes) is 4. The van der Waals surface area contributed by atoms with E-state index in [1.807, 2.05) is 6.92 Å². The predicted octanol–water partition coefficient (Wildman–Crippen LogP) is 4.40. The summed E-state index contributed by atoms with van der Waals surface area (Å²) in [4.78, 5) is 60.3. The molecule has 43 heavy (non-hydrogen) atoms. The molecule has 1 amide bonds. The molecule has 3 atom stereocenters. The molecule has 0 aliphatic rings. The summed E-state index contributed by atoms with van der Waals surface area (Å²) in [6.07, 6.45) is 7.39. The Labute approximate surface area is 253 Å². The van der Waals surface area contributed by atoms with Gasteiger partial charge in [-0.1, -0.05) is 57.9 Å². The smallest absolute Gasteiger partial charge is 0.337 e. The van der Waals surface area contributed by atoms with Gasteiger partial charge in [0.05, 0.1) is 18.9 Å². The Balaban J connectivity index is 2.95. The van der Waals surface area contributed by atoms with E-state index in [0.29, 0.717) is 49.5 Å². The molecule has 0 aliphatic heterocycles. The lowest BCUT2D eigenvalue weighted by molar-refractivity contribution is -0.172. The first kappa shape index (κ1) is 37.3. The van der Waals surface area contributed by atoms with E-state index in [9.17, 15) is 44.4 Å². The van der Waals surface area contributed by atoms with Crippen LogP contribution in [0.5, 0.6) is 5.75 Å². The fourth-order valence-corrected chi connectivity index (χ4v) is 4.42. The molecule has 0 radical (unpaired) electrons. The molecule has 0 aliphatic carbocycles. The van der Waals surface area contributed by atoms with Crippen LogP contribution in [0.25, 0.3) is 0 Å². The number of hydrogen-bond donors (Lipinski definition) is 5. The molecule has 0 fully saturated rings. The standard InChI is InChI=1S/C32H47NO10/c1-4-11-24(34)12-9-7-5-6-8-10-13-26(32(42,31(40)41)21-28(35)36)29(37)33-27(30(38)39)20-23-14-16-25(17-15-23)43-19-18-22(2)3/h10,13-17,22,26-27,42H,4-9,11-12,18-21H2,1-3H3,(H,33,37)(H,35,36)(H,38,39)(H,40,41)/b13-10+/t26-,27+,32+/m1/s1. The number of rotatable bonds is 23. The van der Waals surface area contributed by atoms with E-state index in [0.717, 1.165) is 38.2 Å². The third-order valence-electron chi connectivity index (χ3n) is 6.96. The quantitative estimate of drug-likeness (QED) is 0.0884. The summed E-state index contributed by atoms with van der Waals surface area (Å²) in [7, 11) is 0. The van der Waals surface area contributed by atoms with E-state index in [1.165, 1.54) is 6.08 Å². The second-order valence-corrected chi connectivity index (χ2v) is 11.2. The maximum absolute atomic E-state index is 13.2. The summed E-state index contributed by atoms with van der Waals surface area (Å²) in [5, 5.41) is 41.9. The molecule has 0 bridgehead atoms. The minimum absolute atomic E-state index is 0.144. The number of carboxylic acid groups (broad SMARTS) is 3. The summed E-state index contributed by atoms with van der Waals surface area (Å²) < 4.78 is 5.67. The monoisotopic (exact) mass is 605 g/mol. The minimum Gasteiger partial charge on any atom is -0.494 e. The molecule has 0 saturated carbocycles. The first-order chi connectivity index (χ1) is 20.3. The van der Waals surface area contributed by atoms with Crippen molar-refractivity contribution in [1.29, 1.82) is 0 Å². The second-order valence-electron chi connectivity index (χ2n) is 11.2. The van der Waals surface area contributed by atoms with Crippen molar-refractivity contribution in [2.24, 2.45) is 11.8 Å². The van der Waals surface area contributed by atoms with Gasteiger partial charge in [0, 0.05) is 19.3 Å². The van der Waals surface area contributed by atoms with Gasteiger partial charge in [-0.2, -0.15) is 0 Å². The molecule has 11 heteroatoms. The Bertz CT molecular complexity index is 1080. The molecular formula is C32H47NO10. The van der Waals surface area contributed by atoms with Crippen LogP contribution in [0.15, 0.2) is 36.4 Å². The molecule has 1 rings (SSSR count). The van der Waals surface area contributed by atoms with Gasteiger partial charge in [-0.3, -0.25) is 14.4 Å². The van der Waals surface area contributed by atoms with E-state index in [2.05, 4.69) is 19.2 Å². The van der Waals surface area contributed by atoms with E-state index < -0.39 is 47.8 Å². The highest BCUT2D eigenvalue weighted by Crippen LogP contribution is 2.26. The van der Waals surface area contributed by atoms with Gasteiger partial charge in [-0.25, -0.2) is 9.59 Å². The van der Waals surface area contributed by atoms with Crippen molar-refractivity contribution >= 4 is 29.6 Å². The van der Waals surface area contributed by atoms with Crippen molar-refractivity contribution in [2.45, 2.75) is 103 Å². The van der Waals surface area contributed by atoms with Crippen molar-refractivity contribution in [3.8, 4) is 5.75 Å². The molecule has 11 nitrogen and oxygen atoms in total. The average Bonchev–Trinajstić information content (AvgIpc) is 2.92. The molecule has 0 unspecified atom stereocenters. The van der Waals surface area contributed by atoms with Crippen LogP contribution in [0.2, 0.25) is 0 Å². The van der Waals surface area contributed by atoms with Crippen molar-refractivity contribution in [1.82, 2.24) is 5.32 Å². The summed E-state index contributed by atoms with van der Waals surface area (Å²) in [6, 6.07) is 5.20. The highest BCUT2D eigenvalue weighted by atomic mass is 16.5. The van der Waals surface area contributed by atoms with Gasteiger partial charge in [0.15, 0.2) is 5.60 Å². The van der Waals surface area contributed by atoms with Crippen LogP contribution in [0, 0.1) is 11.8 Å². The van der Waals surface area contributed by atoms with Gasteiger partial charge in [0.2, 0.25) is 5.91 Å². The maximum atomic E-state index is 13.2. The number of ether oxygens (including phenoxy) is 1. The summed E-state index contributed by atoms with van der Waals surface area (Å²) in [6.45, 7) is 6.64. The van der Waals surface area contributed by atoms with Crippen molar-refractivity contribution < 1.29 is 49.1 Å². The molecule has 0 spiro atoms. The molecular weight excluding hydrogens is 558 g/mol. The molecule has 0 heterocycles. The van der Waals surface area contributed by atoms with Crippen LogP contribution in [-0.4, -0.2) is 68.3 Å². The zero-order valence-electron chi connectivity index (χ0n) is 25.4. The van der Waals surface area contributed by atoms with Crippen molar-refractivity contribution in [2.75, 3.05) is 6.61 Å². The number of benzene rings is 1. The van der Waals surface area contributed by atoms with Gasteiger partial charge in [0.25, 0.3) is 0 Å². The van der Waals surface area contributed by atoms with Crippen molar-refractivity contribution in [3.63, 3.8) is 0 Å². The second kappa shape index (κ2) is 19.5. The fraction of sp³-hybridized carbons (Fsp3) is 0.594. The number of aliphatic hydroxyl groups is 1. The third-order valence-corrected chi connectivity index (χ3v) is 6.96. The molecule has 0 saturated heterocycles. The van der Waals surface area contributed by atoms with Gasteiger partial charge < -0.3 is 30.5 Å². The largest absolute Gasteiger partial charge is 0.494 e. The zero-order valence-corrected chi connectivity index (χ0v) is 25.4. The molecule has 1 aromatic carbocycles. The number of nitrogens with one attached hydrogen (secondary N) is 1.